The molecule has 0 amide bonds. The first-order chi connectivity index (χ1) is 7.83. The van der Waals surface area contributed by atoms with E-state index in [1.807, 2.05) is 25.1 Å². The van der Waals surface area contributed by atoms with Gasteiger partial charge in [0.2, 0.25) is 0 Å². The molecule has 1 aromatic carbocycles. The van der Waals surface area contributed by atoms with Crippen LogP contribution in [0.2, 0.25) is 0 Å². The maximum atomic E-state index is 9.64. The molecule has 0 aliphatic carbocycles. The van der Waals surface area contributed by atoms with Crippen LogP contribution < -0.4 is 0 Å². The molecule has 0 spiro atoms. The summed E-state index contributed by atoms with van der Waals surface area (Å²) in [6, 6.07) is 10.3. The van der Waals surface area contributed by atoms with Crippen LogP contribution in [0, 0.1) is 11.8 Å². The third kappa shape index (κ3) is 5.85. The fourth-order valence-electron chi connectivity index (χ4n) is 1.25. The van der Waals surface area contributed by atoms with Crippen molar-refractivity contribution in [1.82, 2.24) is 0 Å². The van der Waals surface area contributed by atoms with Crippen molar-refractivity contribution in [3.63, 3.8) is 0 Å². The Kier molecular flexibility index (Phi) is 6.80. The Balaban J connectivity index is 2.15. The smallest absolute Gasteiger partial charge is 0.0657 e. The van der Waals surface area contributed by atoms with Crippen molar-refractivity contribution in [2.45, 2.75) is 37.2 Å². The summed E-state index contributed by atoms with van der Waals surface area (Å²) in [7, 11) is 0. The Bertz CT molecular complexity index is 337. The minimum atomic E-state index is -0.282. The second-order valence-electron chi connectivity index (χ2n) is 3.52. The van der Waals surface area contributed by atoms with Crippen molar-refractivity contribution in [1.29, 1.82) is 0 Å². The van der Waals surface area contributed by atoms with Crippen molar-refractivity contribution in [2.75, 3.05) is 5.75 Å². The molecule has 0 aromatic heterocycles. The summed E-state index contributed by atoms with van der Waals surface area (Å²) in [5, 5.41) is 9.64. The molecule has 0 aliphatic rings. The summed E-state index contributed by atoms with van der Waals surface area (Å²) in [6.45, 7) is 2.02. The van der Waals surface area contributed by atoms with Gasteiger partial charge in [0.1, 0.15) is 0 Å². The quantitative estimate of drug-likeness (QED) is 0.623. The molecule has 0 fully saturated rings. The lowest BCUT2D eigenvalue weighted by Crippen LogP contribution is -2.06. The second kappa shape index (κ2) is 8.27. The number of hydrogen-bond donors (Lipinski definition) is 1. The van der Waals surface area contributed by atoms with E-state index in [4.69, 9.17) is 0 Å². The maximum Gasteiger partial charge on any atom is 0.0657 e. The molecule has 0 aliphatic heterocycles. The monoisotopic (exact) mass is 234 g/mol. The first-order valence-electron chi connectivity index (χ1n) is 5.64. The molecule has 16 heavy (non-hydrogen) atoms. The van der Waals surface area contributed by atoms with Gasteiger partial charge >= 0.3 is 0 Å². The van der Waals surface area contributed by atoms with Gasteiger partial charge < -0.3 is 5.11 Å². The molecule has 86 valence electrons. The van der Waals surface area contributed by atoms with E-state index in [0.29, 0.717) is 6.42 Å². The fourth-order valence-corrected chi connectivity index (χ4v) is 2.22. The molecule has 0 saturated heterocycles. The number of aliphatic hydroxyl groups excluding tert-OH is 1. The Morgan fingerprint density at radius 3 is 2.69 bits per heavy atom. The molecule has 0 saturated carbocycles. The van der Waals surface area contributed by atoms with E-state index in [-0.39, 0.29) is 6.10 Å². The number of hydrogen-bond acceptors (Lipinski definition) is 2. The minimum Gasteiger partial charge on any atom is -0.392 e. The van der Waals surface area contributed by atoms with Gasteiger partial charge in [-0.15, -0.1) is 23.6 Å². The maximum absolute atomic E-state index is 9.64. The molecule has 0 unspecified atom stereocenters. The Morgan fingerprint density at radius 2 is 2.00 bits per heavy atom. The van der Waals surface area contributed by atoms with Crippen molar-refractivity contribution in [3.8, 4) is 11.8 Å². The first-order valence-corrected chi connectivity index (χ1v) is 6.63. The summed E-state index contributed by atoms with van der Waals surface area (Å²) in [4.78, 5) is 1.26. The van der Waals surface area contributed by atoms with E-state index in [9.17, 15) is 5.11 Å². The number of rotatable bonds is 5. The summed E-state index contributed by atoms with van der Waals surface area (Å²) in [5.74, 6) is 6.89. The molecule has 2 heteroatoms. The average Bonchev–Trinajstić information content (AvgIpc) is 2.31. The lowest BCUT2D eigenvalue weighted by molar-refractivity contribution is 0.177. The average molecular weight is 234 g/mol. The highest BCUT2D eigenvalue weighted by Crippen LogP contribution is 2.18. The summed E-state index contributed by atoms with van der Waals surface area (Å²) >= 11 is 1.78. The summed E-state index contributed by atoms with van der Waals surface area (Å²) < 4.78 is 0. The standard InChI is InChI=1S/C14H18OS/c1-2-3-5-8-13(15)11-12-16-14-9-6-4-7-10-14/h4,6-7,9-10,13,15H,2,8,11-12H2,1H3/t13-/m1/s1. The molecule has 1 aromatic rings. The number of aliphatic hydroxyl groups is 1. The SMILES string of the molecule is CCC#CC[C@@H](O)CCSc1ccccc1. The Hall–Kier alpha value is -0.910. The van der Waals surface area contributed by atoms with E-state index in [1.54, 1.807) is 11.8 Å². The van der Waals surface area contributed by atoms with Gasteiger partial charge in [0.15, 0.2) is 0 Å². The lowest BCUT2D eigenvalue weighted by Gasteiger charge is -2.06. The molecular weight excluding hydrogens is 216 g/mol. The Labute approximate surface area is 102 Å². The van der Waals surface area contributed by atoms with Crippen LogP contribution >= 0.6 is 11.8 Å². The molecule has 0 bridgehead atoms. The summed E-state index contributed by atoms with van der Waals surface area (Å²) in [6.07, 6.45) is 1.99. The second-order valence-corrected chi connectivity index (χ2v) is 4.68. The zero-order chi connectivity index (χ0) is 11.6. The van der Waals surface area contributed by atoms with Crippen molar-refractivity contribution in [3.05, 3.63) is 30.3 Å². The zero-order valence-corrected chi connectivity index (χ0v) is 10.5. The normalized spacial score (nSPS) is 11.6. The Morgan fingerprint density at radius 1 is 1.25 bits per heavy atom. The topological polar surface area (TPSA) is 20.2 Å². The molecule has 1 N–H and O–H groups in total. The summed E-state index contributed by atoms with van der Waals surface area (Å²) in [5.41, 5.74) is 0. The molecule has 0 radical (unpaired) electrons. The van der Waals surface area contributed by atoms with Gasteiger partial charge in [-0.05, 0) is 18.6 Å². The largest absolute Gasteiger partial charge is 0.392 e. The van der Waals surface area contributed by atoms with Gasteiger partial charge in [-0.25, -0.2) is 0 Å². The van der Waals surface area contributed by atoms with Crippen molar-refractivity contribution < 1.29 is 5.11 Å². The van der Waals surface area contributed by atoms with Crippen LogP contribution in [0.3, 0.4) is 0 Å². The third-order valence-corrected chi connectivity index (χ3v) is 3.15. The number of benzene rings is 1. The molecule has 1 nitrogen and oxygen atoms in total. The molecular formula is C14H18OS. The zero-order valence-electron chi connectivity index (χ0n) is 9.65. The third-order valence-electron chi connectivity index (χ3n) is 2.10. The van der Waals surface area contributed by atoms with Crippen LogP contribution in [0.25, 0.3) is 0 Å². The van der Waals surface area contributed by atoms with Gasteiger partial charge in [0.05, 0.1) is 6.10 Å². The van der Waals surface area contributed by atoms with Crippen LogP contribution in [-0.2, 0) is 0 Å². The van der Waals surface area contributed by atoms with E-state index in [2.05, 4.69) is 24.0 Å². The predicted octanol–water partition coefficient (Wildman–Crippen LogP) is 3.33. The number of thioether (sulfide) groups is 1. The highest BCUT2D eigenvalue weighted by atomic mass is 32.2. The van der Waals surface area contributed by atoms with Crippen LogP contribution in [0.4, 0.5) is 0 Å². The van der Waals surface area contributed by atoms with E-state index in [1.165, 1.54) is 4.90 Å². The van der Waals surface area contributed by atoms with E-state index in [0.717, 1.165) is 18.6 Å². The van der Waals surface area contributed by atoms with Crippen LogP contribution in [0.15, 0.2) is 35.2 Å². The highest BCUT2D eigenvalue weighted by Gasteiger charge is 2.01. The van der Waals surface area contributed by atoms with Crippen LogP contribution in [-0.4, -0.2) is 17.0 Å². The fraction of sp³-hybridized carbons (Fsp3) is 0.429. The lowest BCUT2D eigenvalue weighted by atomic mass is 10.2. The van der Waals surface area contributed by atoms with Crippen molar-refractivity contribution >= 4 is 11.8 Å². The van der Waals surface area contributed by atoms with Gasteiger partial charge in [-0.1, -0.05) is 25.1 Å². The van der Waals surface area contributed by atoms with E-state index < -0.39 is 0 Å². The highest BCUT2D eigenvalue weighted by molar-refractivity contribution is 7.99. The van der Waals surface area contributed by atoms with Gasteiger partial charge in [-0.3, -0.25) is 0 Å². The van der Waals surface area contributed by atoms with Crippen LogP contribution in [0.5, 0.6) is 0 Å². The van der Waals surface area contributed by atoms with E-state index >= 15 is 0 Å². The van der Waals surface area contributed by atoms with Gasteiger partial charge in [0.25, 0.3) is 0 Å². The molecule has 1 atom stereocenters. The molecule has 0 heterocycles. The molecule has 1 rings (SSSR count). The van der Waals surface area contributed by atoms with Gasteiger partial charge in [0, 0.05) is 23.5 Å². The first kappa shape index (κ1) is 13.2. The van der Waals surface area contributed by atoms with Crippen LogP contribution in [0.1, 0.15) is 26.2 Å². The predicted molar refractivity (Wildman–Crippen MR) is 70.5 cm³/mol. The van der Waals surface area contributed by atoms with Gasteiger partial charge in [-0.2, -0.15) is 0 Å². The minimum absolute atomic E-state index is 0.282. The van der Waals surface area contributed by atoms with Crippen molar-refractivity contribution in [2.24, 2.45) is 0 Å².